The SMILES string of the molecule is CCCC[n+]1ccc(C)cc1.CCCCn1cc[n+](C)c1.[Cl-].[Cl-]. The van der Waals surface area contributed by atoms with Crippen molar-refractivity contribution < 1.29 is 33.9 Å². The third kappa shape index (κ3) is 11.2. The Hall–Kier alpha value is -1.06. The minimum atomic E-state index is 0. The summed E-state index contributed by atoms with van der Waals surface area (Å²) in [5, 5.41) is 0. The molecule has 132 valence electrons. The van der Waals surface area contributed by atoms with Crippen LogP contribution in [0.2, 0.25) is 0 Å². The van der Waals surface area contributed by atoms with Crippen molar-refractivity contribution in [3.8, 4) is 0 Å². The number of imidazole rings is 1. The molecule has 2 aromatic heterocycles. The molecule has 0 aliphatic carbocycles. The maximum absolute atomic E-state index is 2.23. The lowest BCUT2D eigenvalue weighted by Crippen LogP contribution is -3.00. The van der Waals surface area contributed by atoms with Crippen LogP contribution in [-0.4, -0.2) is 4.57 Å². The van der Waals surface area contributed by atoms with Crippen LogP contribution >= 0.6 is 0 Å². The molecule has 23 heavy (non-hydrogen) atoms. The van der Waals surface area contributed by atoms with Crippen molar-refractivity contribution in [3.05, 3.63) is 48.8 Å². The van der Waals surface area contributed by atoms with Crippen molar-refractivity contribution in [3.63, 3.8) is 0 Å². The predicted octanol–water partition coefficient (Wildman–Crippen LogP) is -2.80. The van der Waals surface area contributed by atoms with Gasteiger partial charge in [0.15, 0.2) is 12.4 Å². The van der Waals surface area contributed by atoms with E-state index in [2.05, 4.69) is 77.7 Å². The molecule has 0 N–H and O–H groups in total. The third-order valence-electron chi connectivity index (χ3n) is 3.42. The van der Waals surface area contributed by atoms with Gasteiger partial charge in [-0.3, -0.25) is 0 Å². The van der Waals surface area contributed by atoms with Crippen LogP contribution in [0.1, 0.15) is 45.1 Å². The molecule has 0 amide bonds. The normalized spacial score (nSPS) is 9.22. The first-order valence-electron chi connectivity index (χ1n) is 8.12. The highest BCUT2D eigenvalue weighted by atomic mass is 35.5. The molecule has 0 bridgehead atoms. The summed E-state index contributed by atoms with van der Waals surface area (Å²) in [4.78, 5) is 0. The van der Waals surface area contributed by atoms with Crippen molar-refractivity contribution in [2.75, 3.05) is 0 Å². The Kier molecular flexibility index (Phi) is 15.3. The van der Waals surface area contributed by atoms with Gasteiger partial charge in [0.05, 0.1) is 13.6 Å². The van der Waals surface area contributed by atoms with E-state index < -0.39 is 0 Å². The topological polar surface area (TPSA) is 12.7 Å². The molecule has 2 rings (SSSR count). The van der Waals surface area contributed by atoms with E-state index in [0.717, 1.165) is 13.1 Å². The highest BCUT2D eigenvalue weighted by Crippen LogP contribution is 1.92. The number of aromatic nitrogens is 3. The second kappa shape index (κ2) is 14.5. The molecule has 0 aliphatic rings. The summed E-state index contributed by atoms with van der Waals surface area (Å²) in [6.07, 6.45) is 15.6. The van der Waals surface area contributed by atoms with Crippen LogP contribution < -0.4 is 33.9 Å². The van der Waals surface area contributed by atoms with E-state index in [1.807, 2.05) is 7.05 Å². The first kappa shape index (κ1) is 24.2. The van der Waals surface area contributed by atoms with Crippen LogP contribution in [0.4, 0.5) is 0 Å². The Bertz CT molecular complexity index is 495. The van der Waals surface area contributed by atoms with Crippen molar-refractivity contribution in [2.24, 2.45) is 7.05 Å². The summed E-state index contributed by atoms with van der Waals surface area (Å²) >= 11 is 0. The lowest BCUT2D eigenvalue weighted by Gasteiger charge is -1.94. The predicted molar refractivity (Wildman–Crippen MR) is 86.8 cm³/mol. The Morgan fingerprint density at radius 1 is 0.957 bits per heavy atom. The molecular formula is C18H31Cl2N3. The number of halogens is 2. The van der Waals surface area contributed by atoms with E-state index in [9.17, 15) is 0 Å². The fourth-order valence-corrected chi connectivity index (χ4v) is 2.00. The van der Waals surface area contributed by atoms with Gasteiger partial charge < -0.3 is 24.8 Å². The summed E-state index contributed by atoms with van der Waals surface area (Å²) < 4.78 is 6.51. The second-order valence-corrected chi connectivity index (χ2v) is 5.64. The Morgan fingerprint density at radius 3 is 2.04 bits per heavy atom. The fraction of sp³-hybridized carbons (Fsp3) is 0.556. The average molecular weight is 360 g/mol. The number of aryl methyl sites for hydroxylation is 4. The molecule has 0 aromatic carbocycles. The van der Waals surface area contributed by atoms with Gasteiger partial charge in [0.1, 0.15) is 18.9 Å². The molecule has 0 saturated carbocycles. The highest BCUT2D eigenvalue weighted by molar-refractivity contribution is 5.03. The van der Waals surface area contributed by atoms with E-state index in [-0.39, 0.29) is 24.8 Å². The number of hydrogen-bond donors (Lipinski definition) is 0. The van der Waals surface area contributed by atoms with Crippen LogP contribution in [0.25, 0.3) is 0 Å². The van der Waals surface area contributed by atoms with Gasteiger partial charge in [0.2, 0.25) is 6.33 Å². The lowest BCUT2D eigenvalue weighted by molar-refractivity contribution is -0.697. The van der Waals surface area contributed by atoms with Crippen LogP contribution in [0.5, 0.6) is 0 Å². The second-order valence-electron chi connectivity index (χ2n) is 5.64. The molecule has 0 saturated heterocycles. The smallest absolute Gasteiger partial charge is 0.243 e. The number of nitrogens with zero attached hydrogens (tertiary/aromatic N) is 3. The fourth-order valence-electron chi connectivity index (χ4n) is 2.00. The third-order valence-corrected chi connectivity index (χ3v) is 3.42. The van der Waals surface area contributed by atoms with Gasteiger partial charge in [-0.2, -0.15) is 0 Å². The van der Waals surface area contributed by atoms with Crippen molar-refractivity contribution in [2.45, 2.75) is 59.5 Å². The van der Waals surface area contributed by atoms with Gasteiger partial charge in [0.25, 0.3) is 0 Å². The van der Waals surface area contributed by atoms with Gasteiger partial charge >= 0.3 is 0 Å². The van der Waals surface area contributed by atoms with Crippen molar-refractivity contribution in [1.29, 1.82) is 0 Å². The summed E-state index contributed by atoms with van der Waals surface area (Å²) in [6.45, 7) is 8.84. The average Bonchev–Trinajstić information content (AvgIpc) is 2.91. The zero-order chi connectivity index (χ0) is 15.5. The van der Waals surface area contributed by atoms with E-state index in [4.69, 9.17) is 0 Å². The zero-order valence-electron chi connectivity index (χ0n) is 14.9. The minimum absolute atomic E-state index is 0. The van der Waals surface area contributed by atoms with Crippen LogP contribution in [-0.2, 0) is 20.1 Å². The number of hydrogen-bond acceptors (Lipinski definition) is 0. The molecule has 0 spiro atoms. The Morgan fingerprint density at radius 2 is 1.57 bits per heavy atom. The molecule has 0 fully saturated rings. The lowest BCUT2D eigenvalue weighted by atomic mass is 10.3. The highest BCUT2D eigenvalue weighted by Gasteiger charge is 1.97. The van der Waals surface area contributed by atoms with Crippen molar-refractivity contribution >= 4 is 0 Å². The van der Waals surface area contributed by atoms with Crippen LogP contribution in [0, 0.1) is 6.92 Å². The van der Waals surface area contributed by atoms with E-state index in [0.29, 0.717) is 0 Å². The van der Waals surface area contributed by atoms with E-state index in [1.165, 1.54) is 31.2 Å². The Labute approximate surface area is 154 Å². The van der Waals surface area contributed by atoms with E-state index >= 15 is 0 Å². The molecule has 2 heterocycles. The minimum Gasteiger partial charge on any atom is -1.00 e. The largest absolute Gasteiger partial charge is 1.00 e. The van der Waals surface area contributed by atoms with Gasteiger partial charge in [-0.1, -0.05) is 26.7 Å². The van der Waals surface area contributed by atoms with Crippen molar-refractivity contribution in [1.82, 2.24) is 4.57 Å². The zero-order valence-corrected chi connectivity index (χ0v) is 16.4. The summed E-state index contributed by atoms with van der Waals surface area (Å²) in [6, 6.07) is 4.30. The molecule has 5 heteroatoms. The molecule has 0 atom stereocenters. The molecule has 3 nitrogen and oxygen atoms in total. The standard InChI is InChI=1S/C10H16N.C8H15N2.2ClH/c1-3-4-7-11-8-5-10(2)6-9-11;1-3-4-5-10-7-6-9(2)8-10;;/h5-6,8-9H,3-4,7H2,1-2H3;6-8H,3-5H2,1-2H3;2*1H/q2*+1;;/p-2. The number of rotatable bonds is 6. The molecule has 0 unspecified atom stereocenters. The first-order chi connectivity index (χ1) is 10.2. The van der Waals surface area contributed by atoms with Gasteiger partial charge in [-0.05, 0) is 18.9 Å². The quantitative estimate of drug-likeness (QED) is 0.494. The van der Waals surface area contributed by atoms with Gasteiger partial charge in [-0.25, -0.2) is 13.7 Å². The van der Waals surface area contributed by atoms with Crippen LogP contribution in [0.15, 0.2) is 43.2 Å². The van der Waals surface area contributed by atoms with Crippen LogP contribution in [0.3, 0.4) is 0 Å². The first-order valence-corrected chi connectivity index (χ1v) is 8.12. The summed E-state index contributed by atoms with van der Waals surface area (Å²) in [5.74, 6) is 0. The molecular weight excluding hydrogens is 329 g/mol. The summed E-state index contributed by atoms with van der Waals surface area (Å²) in [7, 11) is 2.04. The maximum Gasteiger partial charge on any atom is 0.243 e. The Balaban J connectivity index is 0. The number of unbranched alkanes of at least 4 members (excludes halogenated alkanes) is 2. The molecule has 0 radical (unpaired) electrons. The van der Waals surface area contributed by atoms with Gasteiger partial charge in [-0.15, -0.1) is 0 Å². The maximum atomic E-state index is 2.23. The van der Waals surface area contributed by atoms with E-state index in [1.54, 1.807) is 0 Å². The summed E-state index contributed by atoms with van der Waals surface area (Å²) in [5.41, 5.74) is 1.33. The monoisotopic (exact) mass is 359 g/mol. The molecule has 0 aliphatic heterocycles. The van der Waals surface area contributed by atoms with Gasteiger partial charge in [0, 0.05) is 18.6 Å². The number of pyridine rings is 1. The molecule has 2 aromatic rings.